The number of aryl methyl sites for hydroxylation is 1. The lowest BCUT2D eigenvalue weighted by Crippen LogP contribution is -2.61. The highest BCUT2D eigenvalue weighted by Crippen LogP contribution is 2.55. The van der Waals surface area contributed by atoms with E-state index in [9.17, 15) is 0 Å². The Balaban J connectivity index is 1.33. The van der Waals surface area contributed by atoms with Gasteiger partial charge in [0.05, 0.1) is 5.69 Å². The zero-order chi connectivity index (χ0) is 47.6. The lowest BCUT2D eigenvalue weighted by atomic mass is 9.33. The van der Waals surface area contributed by atoms with Crippen molar-refractivity contribution < 1.29 is 0 Å². The van der Waals surface area contributed by atoms with Gasteiger partial charge in [0.15, 0.2) is 0 Å². The molecule has 0 saturated heterocycles. The summed E-state index contributed by atoms with van der Waals surface area (Å²) in [6.07, 6.45) is 2.27. The van der Waals surface area contributed by atoms with Crippen LogP contribution in [-0.2, 0) is 37.9 Å². The van der Waals surface area contributed by atoms with Gasteiger partial charge in [-0.1, -0.05) is 172 Å². The molecule has 340 valence electrons. The molecule has 66 heavy (non-hydrogen) atoms. The molecule has 2 aliphatic carbocycles. The maximum Gasteiger partial charge on any atom is 0.252 e. The molecular weight excluding hydrogens is 796 g/mol. The van der Waals surface area contributed by atoms with Crippen molar-refractivity contribution in [2.45, 2.75) is 175 Å². The molecule has 0 N–H and O–H groups in total. The molecule has 0 saturated carbocycles. The molecule has 0 bridgehead atoms. The van der Waals surface area contributed by atoms with Crippen LogP contribution >= 0.6 is 0 Å². The quantitative estimate of drug-likeness (QED) is 0.163. The number of benzene rings is 6. The van der Waals surface area contributed by atoms with E-state index in [4.69, 9.17) is 0 Å². The molecule has 2 nitrogen and oxygen atoms in total. The van der Waals surface area contributed by atoms with Crippen LogP contribution in [0.2, 0.25) is 0 Å². The fraction of sp³-hybridized carbons (Fsp3) is 0.429. The minimum Gasteiger partial charge on any atom is -0.311 e. The molecule has 2 aliphatic heterocycles. The van der Waals surface area contributed by atoms with Crippen LogP contribution < -0.4 is 26.2 Å². The van der Waals surface area contributed by atoms with E-state index in [1.165, 1.54) is 106 Å². The van der Waals surface area contributed by atoms with Crippen molar-refractivity contribution in [1.29, 1.82) is 0 Å². The van der Waals surface area contributed by atoms with Crippen molar-refractivity contribution in [3.05, 3.63) is 148 Å². The number of hydrogen-bond acceptors (Lipinski definition) is 2. The van der Waals surface area contributed by atoms with Gasteiger partial charge in [0.25, 0.3) is 6.71 Å². The first-order valence-corrected chi connectivity index (χ1v) is 25.0. The fourth-order valence-corrected chi connectivity index (χ4v) is 13.3. The van der Waals surface area contributed by atoms with Gasteiger partial charge >= 0.3 is 0 Å². The van der Waals surface area contributed by atoms with E-state index in [0.717, 1.165) is 12.8 Å². The van der Waals surface area contributed by atoms with Gasteiger partial charge in [0.2, 0.25) is 0 Å². The Morgan fingerprint density at radius 2 is 0.939 bits per heavy atom. The number of anilines is 6. The first-order valence-electron chi connectivity index (χ1n) is 25.0. The smallest absolute Gasteiger partial charge is 0.252 e. The molecule has 4 aliphatic rings. The molecule has 0 atom stereocenters. The first kappa shape index (κ1) is 44.8. The summed E-state index contributed by atoms with van der Waals surface area (Å²) in [5.41, 5.74) is 26.0. The summed E-state index contributed by atoms with van der Waals surface area (Å²) >= 11 is 0. The zero-order valence-corrected chi connectivity index (χ0v) is 43.7. The Hall–Kier alpha value is -5.02. The Kier molecular flexibility index (Phi) is 9.52. The Morgan fingerprint density at radius 3 is 1.56 bits per heavy atom. The van der Waals surface area contributed by atoms with Gasteiger partial charge in [0, 0.05) is 34.0 Å². The van der Waals surface area contributed by atoms with Crippen LogP contribution in [0.4, 0.5) is 34.1 Å². The molecule has 0 fully saturated rings. The third-order valence-corrected chi connectivity index (χ3v) is 16.3. The number of nitrogens with zero attached hydrogens (tertiary/aromatic N) is 2. The molecule has 2 heterocycles. The monoisotopic (exact) mass is 871 g/mol. The van der Waals surface area contributed by atoms with Gasteiger partial charge in [-0.05, 0) is 173 Å². The summed E-state index contributed by atoms with van der Waals surface area (Å²) in [5.74, 6) is 0. The van der Waals surface area contributed by atoms with E-state index in [2.05, 4.69) is 238 Å². The second kappa shape index (κ2) is 14.0. The van der Waals surface area contributed by atoms with Crippen LogP contribution in [-0.4, -0.2) is 6.71 Å². The molecule has 0 radical (unpaired) electrons. The van der Waals surface area contributed by atoms with E-state index in [-0.39, 0.29) is 44.6 Å². The predicted octanol–water partition coefficient (Wildman–Crippen LogP) is 15.6. The second-order valence-electron chi connectivity index (χ2n) is 26.7. The fourth-order valence-electron chi connectivity index (χ4n) is 13.3. The molecule has 0 spiro atoms. The van der Waals surface area contributed by atoms with Crippen LogP contribution in [0.25, 0.3) is 11.1 Å². The molecular formula is C63H75BN2. The van der Waals surface area contributed by atoms with Crippen LogP contribution in [0.5, 0.6) is 0 Å². The highest BCUT2D eigenvalue weighted by molar-refractivity contribution is 7.00. The maximum absolute atomic E-state index is 2.71. The van der Waals surface area contributed by atoms with Gasteiger partial charge in [-0.3, -0.25) is 0 Å². The Bertz CT molecular complexity index is 3010. The van der Waals surface area contributed by atoms with E-state index in [1.54, 1.807) is 0 Å². The summed E-state index contributed by atoms with van der Waals surface area (Å²) in [6, 6.07) is 42.0. The number of rotatable bonds is 3. The number of fused-ring (bicyclic) bond motifs is 6. The van der Waals surface area contributed by atoms with Crippen molar-refractivity contribution in [2.75, 3.05) is 9.80 Å². The summed E-state index contributed by atoms with van der Waals surface area (Å²) < 4.78 is 0. The highest BCUT2D eigenvalue weighted by atomic mass is 15.2. The summed E-state index contributed by atoms with van der Waals surface area (Å²) in [5, 5.41) is 0. The lowest BCUT2D eigenvalue weighted by Gasteiger charge is -2.46. The van der Waals surface area contributed by atoms with Crippen molar-refractivity contribution in [3.8, 4) is 11.1 Å². The van der Waals surface area contributed by atoms with E-state index >= 15 is 0 Å². The minimum absolute atomic E-state index is 0.00525. The maximum atomic E-state index is 2.71. The summed E-state index contributed by atoms with van der Waals surface area (Å²) in [6.45, 7) is 43.2. The third-order valence-electron chi connectivity index (χ3n) is 16.3. The average Bonchev–Trinajstić information content (AvgIpc) is 3.51. The van der Waals surface area contributed by atoms with Gasteiger partial charge in [-0.15, -0.1) is 0 Å². The molecule has 0 unspecified atom stereocenters. The minimum atomic E-state index is -0.0210. The highest BCUT2D eigenvalue weighted by Gasteiger charge is 2.49. The van der Waals surface area contributed by atoms with Gasteiger partial charge in [-0.25, -0.2) is 0 Å². The van der Waals surface area contributed by atoms with Crippen molar-refractivity contribution in [2.24, 2.45) is 0 Å². The molecule has 10 rings (SSSR count). The van der Waals surface area contributed by atoms with E-state index < -0.39 is 0 Å². The predicted molar refractivity (Wildman–Crippen MR) is 288 cm³/mol. The van der Waals surface area contributed by atoms with E-state index in [0.29, 0.717) is 0 Å². The van der Waals surface area contributed by atoms with Crippen LogP contribution in [0, 0.1) is 6.92 Å². The molecule has 3 heteroatoms. The zero-order valence-electron chi connectivity index (χ0n) is 43.7. The SMILES string of the molecule is Cc1cc2c3c(c1)N(c1ccc(C(C)(C)C)cc1-c1ccc4c(c1)C(C)(C)CC4(C)C)c1cc4c(cc1B3c1ccc(C(C)(C)C)cc1N2c1cccc(C(C)(C)C)c1)C(C)(C)CC4(C)C. The molecule has 6 aromatic carbocycles. The van der Waals surface area contributed by atoms with Crippen molar-refractivity contribution in [1.82, 2.24) is 0 Å². The van der Waals surface area contributed by atoms with Gasteiger partial charge < -0.3 is 9.80 Å². The second-order valence-corrected chi connectivity index (χ2v) is 26.7. The average molecular weight is 871 g/mol. The van der Waals surface area contributed by atoms with Crippen molar-refractivity contribution >= 4 is 57.2 Å². The number of hydrogen-bond donors (Lipinski definition) is 0. The summed E-state index contributed by atoms with van der Waals surface area (Å²) in [4.78, 5) is 5.33. The largest absolute Gasteiger partial charge is 0.311 e. The van der Waals surface area contributed by atoms with E-state index in [1.807, 2.05) is 0 Å². The first-order chi connectivity index (χ1) is 30.5. The van der Waals surface area contributed by atoms with Crippen LogP contribution in [0.3, 0.4) is 0 Å². The van der Waals surface area contributed by atoms with Crippen LogP contribution in [0.15, 0.2) is 103 Å². The van der Waals surface area contributed by atoms with Gasteiger partial charge in [0.1, 0.15) is 0 Å². The molecule has 0 amide bonds. The molecule has 6 aromatic rings. The topological polar surface area (TPSA) is 6.48 Å². The Labute approximate surface area is 399 Å². The van der Waals surface area contributed by atoms with Gasteiger partial charge in [-0.2, -0.15) is 0 Å². The third kappa shape index (κ3) is 6.86. The Morgan fingerprint density at radius 1 is 0.424 bits per heavy atom. The normalized spacial score (nSPS) is 18.4. The van der Waals surface area contributed by atoms with Crippen LogP contribution in [0.1, 0.15) is 175 Å². The standard InChI is InChI=1S/C63H75BN2/c1-38-28-54-56-55(29-38)66(51-27-24-41(58(5,6)7)32-44(51)39-22-25-45-46(30-39)61(13,14)36-60(45,11)12)53-35-48-47(62(15,16)37-63(48,17)18)34-50(53)64(56)49-26-23-42(59(8,9)10)33-52(49)65(54)43-21-19-20-40(31-43)57(2,3)4/h19-35H,36-37H2,1-18H3. The summed E-state index contributed by atoms with van der Waals surface area (Å²) in [7, 11) is 0. The van der Waals surface area contributed by atoms with Crippen molar-refractivity contribution in [3.63, 3.8) is 0 Å². The molecule has 0 aromatic heterocycles. The lowest BCUT2D eigenvalue weighted by molar-refractivity contribution is 0.403.